The van der Waals surface area contributed by atoms with Crippen molar-refractivity contribution in [3.63, 3.8) is 0 Å². The van der Waals surface area contributed by atoms with Gasteiger partial charge in [0, 0.05) is 6.54 Å². The van der Waals surface area contributed by atoms with Crippen LogP contribution in [0.3, 0.4) is 0 Å². The fourth-order valence-electron chi connectivity index (χ4n) is 2.78. The van der Waals surface area contributed by atoms with Gasteiger partial charge in [0.2, 0.25) is 0 Å². The third-order valence-electron chi connectivity index (χ3n) is 3.69. The highest BCUT2D eigenvalue weighted by molar-refractivity contribution is 4.90. The van der Waals surface area contributed by atoms with E-state index in [1.807, 2.05) is 4.68 Å². The summed E-state index contributed by atoms with van der Waals surface area (Å²) in [7, 11) is 0. The number of hydrogen-bond acceptors (Lipinski definition) is 4. The topological polar surface area (TPSA) is 55.6 Å². The lowest BCUT2D eigenvalue weighted by Gasteiger charge is -2.14. The average molecular weight is 237 g/mol. The summed E-state index contributed by atoms with van der Waals surface area (Å²) < 4.78 is 1.98. The van der Waals surface area contributed by atoms with Crippen molar-refractivity contribution in [2.75, 3.05) is 6.54 Å². The van der Waals surface area contributed by atoms with Gasteiger partial charge in [0.1, 0.15) is 0 Å². The Morgan fingerprint density at radius 1 is 1.47 bits per heavy atom. The molecule has 1 saturated carbocycles. The van der Waals surface area contributed by atoms with Crippen LogP contribution in [0.2, 0.25) is 0 Å². The van der Waals surface area contributed by atoms with Crippen LogP contribution in [0.15, 0.2) is 0 Å². The first-order valence-electron chi connectivity index (χ1n) is 6.70. The molecule has 0 saturated heterocycles. The molecule has 3 atom stereocenters. The molecule has 1 aromatic rings. The van der Waals surface area contributed by atoms with Gasteiger partial charge in [-0.2, -0.15) is 0 Å². The van der Waals surface area contributed by atoms with Crippen molar-refractivity contribution >= 4 is 0 Å². The average Bonchev–Trinajstić information content (AvgIpc) is 2.89. The first kappa shape index (κ1) is 12.5. The Morgan fingerprint density at radius 3 is 2.94 bits per heavy atom. The van der Waals surface area contributed by atoms with E-state index < -0.39 is 0 Å². The molecule has 1 heterocycles. The van der Waals surface area contributed by atoms with E-state index in [1.54, 1.807) is 0 Å². The van der Waals surface area contributed by atoms with E-state index in [4.69, 9.17) is 0 Å². The van der Waals surface area contributed by atoms with Crippen molar-refractivity contribution in [1.82, 2.24) is 25.5 Å². The SMILES string of the molecule is CCNC(C)c1nnnn1CC1CCC(C)C1. The quantitative estimate of drug-likeness (QED) is 0.848. The van der Waals surface area contributed by atoms with Crippen LogP contribution in [0.4, 0.5) is 0 Å². The second-order valence-electron chi connectivity index (χ2n) is 5.28. The third kappa shape index (κ3) is 3.03. The normalized spacial score (nSPS) is 26.3. The maximum Gasteiger partial charge on any atom is 0.167 e. The van der Waals surface area contributed by atoms with Crippen LogP contribution in [0.25, 0.3) is 0 Å². The predicted molar refractivity (Wildman–Crippen MR) is 66.4 cm³/mol. The zero-order valence-electron chi connectivity index (χ0n) is 11.1. The Balaban J connectivity index is 1.98. The van der Waals surface area contributed by atoms with Crippen molar-refractivity contribution in [3.05, 3.63) is 5.82 Å². The molecular weight excluding hydrogens is 214 g/mol. The molecule has 0 aromatic carbocycles. The first-order valence-corrected chi connectivity index (χ1v) is 6.70. The molecule has 5 nitrogen and oxygen atoms in total. The molecule has 1 aromatic heterocycles. The van der Waals surface area contributed by atoms with Crippen LogP contribution < -0.4 is 5.32 Å². The monoisotopic (exact) mass is 237 g/mol. The molecule has 3 unspecified atom stereocenters. The van der Waals surface area contributed by atoms with Gasteiger partial charge in [0.25, 0.3) is 0 Å². The molecule has 1 fully saturated rings. The van der Waals surface area contributed by atoms with Gasteiger partial charge in [-0.25, -0.2) is 4.68 Å². The van der Waals surface area contributed by atoms with Crippen LogP contribution in [-0.4, -0.2) is 26.8 Å². The summed E-state index contributed by atoms with van der Waals surface area (Å²) in [6.45, 7) is 8.46. The standard InChI is InChI=1S/C12H23N5/c1-4-13-10(3)12-14-15-16-17(12)8-11-6-5-9(2)7-11/h9-11,13H,4-8H2,1-3H3. The van der Waals surface area contributed by atoms with Crippen LogP contribution >= 0.6 is 0 Å². The fourth-order valence-corrected chi connectivity index (χ4v) is 2.78. The maximum absolute atomic E-state index is 4.14. The summed E-state index contributed by atoms with van der Waals surface area (Å²) in [5, 5.41) is 15.4. The predicted octanol–water partition coefficient (Wildman–Crippen LogP) is 1.78. The summed E-state index contributed by atoms with van der Waals surface area (Å²) in [6.07, 6.45) is 3.98. The molecule has 96 valence electrons. The highest BCUT2D eigenvalue weighted by Gasteiger charge is 2.24. The van der Waals surface area contributed by atoms with Crippen LogP contribution in [0.1, 0.15) is 51.9 Å². The van der Waals surface area contributed by atoms with Crippen molar-refractivity contribution < 1.29 is 0 Å². The van der Waals surface area contributed by atoms with Gasteiger partial charge in [-0.15, -0.1) is 5.10 Å². The van der Waals surface area contributed by atoms with E-state index in [0.29, 0.717) is 0 Å². The number of tetrazole rings is 1. The van der Waals surface area contributed by atoms with Crippen LogP contribution in [-0.2, 0) is 6.54 Å². The minimum absolute atomic E-state index is 0.230. The van der Waals surface area contributed by atoms with Gasteiger partial charge in [-0.05, 0) is 48.6 Å². The Kier molecular flexibility index (Phi) is 4.10. The van der Waals surface area contributed by atoms with E-state index in [9.17, 15) is 0 Å². The fraction of sp³-hybridized carbons (Fsp3) is 0.917. The number of hydrogen-bond donors (Lipinski definition) is 1. The second kappa shape index (κ2) is 5.58. The molecule has 1 aliphatic rings. The molecule has 0 aliphatic heterocycles. The Bertz CT molecular complexity index is 348. The summed E-state index contributed by atoms with van der Waals surface area (Å²) in [4.78, 5) is 0. The van der Waals surface area contributed by atoms with E-state index in [-0.39, 0.29) is 6.04 Å². The zero-order chi connectivity index (χ0) is 12.3. The van der Waals surface area contributed by atoms with Gasteiger partial charge in [0.05, 0.1) is 6.04 Å². The Hall–Kier alpha value is -0.970. The maximum atomic E-state index is 4.14. The molecule has 17 heavy (non-hydrogen) atoms. The van der Waals surface area contributed by atoms with Crippen molar-refractivity contribution in [3.8, 4) is 0 Å². The number of aromatic nitrogens is 4. The lowest BCUT2D eigenvalue weighted by Crippen LogP contribution is -2.23. The molecule has 0 radical (unpaired) electrons. The molecule has 5 heteroatoms. The molecule has 1 N–H and O–H groups in total. The van der Waals surface area contributed by atoms with Crippen molar-refractivity contribution in [2.45, 2.75) is 52.6 Å². The number of rotatable bonds is 5. The highest BCUT2D eigenvalue weighted by atomic mass is 15.5. The largest absolute Gasteiger partial charge is 0.308 e. The Labute approximate surface area is 103 Å². The van der Waals surface area contributed by atoms with Crippen LogP contribution in [0.5, 0.6) is 0 Å². The third-order valence-corrected chi connectivity index (χ3v) is 3.69. The Morgan fingerprint density at radius 2 is 2.29 bits per heavy atom. The van der Waals surface area contributed by atoms with Gasteiger partial charge in [-0.1, -0.05) is 20.3 Å². The van der Waals surface area contributed by atoms with E-state index in [0.717, 1.165) is 30.7 Å². The highest BCUT2D eigenvalue weighted by Crippen LogP contribution is 2.31. The van der Waals surface area contributed by atoms with Gasteiger partial charge >= 0.3 is 0 Å². The molecule has 2 rings (SSSR count). The lowest BCUT2D eigenvalue weighted by molar-refractivity contribution is 0.388. The van der Waals surface area contributed by atoms with E-state index >= 15 is 0 Å². The second-order valence-corrected chi connectivity index (χ2v) is 5.28. The lowest BCUT2D eigenvalue weighted by atomic mass is 10.1. The van der Waals surface area contributed by atoms with E-state index in [1.165, 1.54) is 19.3 Å². The molecule has 0 spiro atoms. The summed E-state index contributed by atoms with van der Waals surface area (Å²) in [6, 6.07) is 0.230. The van der Waals surface area contributed by atoms with E-state index in [2.05, 4.69) is 41.6 Å². The zero-order valence-corrected chi connectivity index (χ0v) is 11.1. The van der Waals surface area contributed by atoms with Gasteiger partial charge < -0.3 is 5.32 Å². The first-order chi connectivity index (χ1) is 8.20. The van der Waals surface area contributed by atoms with Crippen molar-refractivity contribution in [1.29, 1.82) is 0 Å². The van der Waals surface area contributed by atoms with Gasteiger partial charge in [-0.3, -0.25) is 0 Å². The van der Waals surface area contributed by atoms with Gasteiger partial charge in [0.15, 0.2) is 5.82 Å². The molecule has 0 amide bonds. The minimum atomic E-state index is 0.230. The summed E-state index contributed by atoms with van der Waals surface area (Å²) >= 11 is 0. The smallest absolute Gasteiger partial charge is 0.167 e. The number of nitrogens with zero attached hydrogens (tertiary/aromatic N) is 4. The van der Waals surface area contributed by atoms with Crippen molar-refractivity contribution in [2.24, 2.45) is 11.8 Å². The molecule has 1 aliphatic carbocycles. The molecular formula is C12H23N5. The summed E-state index contributed by atoms with van der Waals surface area (Å²) in [5.74, 6) is 2.58. The van der Waals surface area contributed by atoms with Crippen LogP contribution in [0, 0.1) is 11.8 Å². The molecule has 0 bridgehead atoms. The summed E-state index contributed by atoms with van der Waals surface area (Å²) in [5.41, 5.74) is 0. The minimum Gasteiger partial charge on any atom is -0.308 e. The number of nitrogens with one attached hydrogen (secondary N) is 1.